The summed E-state index contributed by atoms with van der Waals surface area (Å²) in [6.07, 6.45) is -0.519. The van der Waals surface area contributed by atoms with Gasteiger partial charge in [0.15, 0.2) is 5.13 Å². The third-order valence-corrected chi connectivity index (χ3v) is 5.71. The minimum atomic E-state index is -3.78. The predicted octanol–water partition coefficient (Wildman–Crippen LogP) is 2.54. The van der Waals surface area contributed by atoms with E-state index in [1.54, 1.807) is 24.4 Å². The largest absolute Gasteiger partial charge is 0.449 e. The van der Waals surface area contributed by atoms with Gasteiger partial charge in [-0.1, -0.05) is 17.7 Å². The topological polar surface area (TPSA) is 111 Å². The van der Waals surface area contributed by atoms with E-state index in [1.165, 1.54) is 6.07 Å². The molecule has 1 heterocycles. The molecule has 0 saturated heterocycles. The molecule has 2 rings (SSSR count). The number of benzene rings is 1. The first-order valence-electron chi connectivity index (χ1n) is 6.44. The number of nitrogens with zero attached hydrogens (tertiary/aromatic N) is 1. The summed E-state index contributed by atoms with van der Waals surface area (Å²) < 4.78 is 31.8. The summed E-state index contributed by atoms with van der Waals surface area (Å²) in [6.45, 7) is 1.71. The number of rotatable bonds is 6. The average molecular weight is 376 g/mol. The summed E-state index contributed by atoms with van der Waals surface area (Å²) in [5.74, 6) is 0. The Morgan fingerprint density at radius 3 is 2.91 bits per heavy atom. The van der Waals surface area contributed by atoms with Gasteiger partial charge in [-0.25, -0.2) is 18.2 Å². The van der Waals surface area contributed by atoms with Crippen molar-refractivity contribution >= 4 is 44.2 Å². The number of thiazole rings is 1. The molecule has 3 N–H and O–H groups in total. The van der Waals surface area contributed by atoms with E-state index < -0.39 is 16.1 Å². The van der Waals surface area contributed by atoms with Crippen LogP contribution in [0.15, 0.2) is 28.5 Å². The number of nitrogens with two attached hydrogens (primary N) is 1. The highest BCUT2D eigenvalue weighted by atomic mass is 35.5. The summed E-state index contributed by atoms with van der Waals surface area (Å²) in [7, 11) is -3.78. The summed E-state index contributed by atoms with van der Waals surface area (Å²) in [6, 6.07) is 4.66. The molecule has 1 aromatic carbocycles. The quantitative estimate of drug-likeness (QED) is 0.805. The van der Waals surface area contributed by atoms with Gasteiger partial charge in [-0.05, 0) is 24.6 Å². The van der Waals surface area contributed by atoms with E-state index in [0.717, 1.165) is 11.3 Å². The fraction of sp³-hybridized carbons (Fsp3) is 0.231. The van der Waals surface area contributed by atoms with Gasteiger partial charge in [-0.2, -0.15) is 0 Å². The second kappa shape index (κ2) is 7.16. The van der Waals surface area contributed by atoms with Gasteiger partial charge in [0.25, 0.3) is 10.0 Å². The molecule has 0 fully saturated rings. The number of aromatic nitrogens is 1. The zero-order valence-electron chi connectivity index (χ0n) is 12.1. The lowest BCUT2D eigenvalue weighted by atomic mass is 10.2. The molecule has 1 amide bonds. The smallest absolute Gasteiger partial charge is 0.404 e. The SMILES string of the molecule is Cc1c(Cl)cccc1S(=O)(=O)Nc1nc(CCOC(N)=O)cs1. The number of carbonyl (C=O) groups excluding carboxylic acids is 1. The van der Waals surface area contributed by atoms with Crippen LogP contribution in [0, 0.1) is 6.92 Å². The summed E-state index contributed by atoms with van der Waals surface area (Å²) in [5.41, 5.74) is 5.91. The molecule has 2 aromatic rings. The first-order chi connectivity index (χ1) is 10.8. The van der Waals surface area contributed by atoms with E-state index in [1.807, 2.05) is 0 Å². The molecule has 0 bridgehead atoms. The summed E-state index contributed by atoms with van der Waals surface area (Å²) in [4.78, 5) is 14.7. The molecule has 0 aliphatic heterocycles. The number of nitrogens with one attached hydrogen (secondary N) is 1. The Morgan fingerprint density at radius 2 is 2.22 bits per heavy atom. The van der Waals surface area contributed by atoms with E-state index in [2.05, 4.69) is 14.4 Å². The van der Waals surface area contributed by atoms with Crippen LogP contribution in [0.25, 0.3) is 0 Å². The molecule has 0 unspecified atom stereocenters. The van der Waals surface area contributed by atoms with Gasteiger partial charge < -0.3 is 10.5 Å². The number of amides is 1. The van der Waals surface area contributed by atoms with Gasteiger partial charge in [0.1, 0.15) is 0 Å². The first-order valence-corrected chi connectivity index (χ1v) is 9.18. The van der Waals surface area contributed by atoms with E-state index >= 15 is 0 Å². The number of halogens is 1. The maximum atomic E-state index is 12.4. The van der Waals surface area contributed by atoms with Crippen molar-refractivity contribution in [1.29, 1.82) is 0 Å². The Kier molecular flexibility index (Phi) is 5.45. The van der Waals surface area contributed by atoms with Crippen LogP contribution in [-0.2, 0) is 21.2 Å². The van der Waals surface area contributed by atoms with Crippen molar-refractivity contribution in [2.75, 3.05) is 11.3 Å². The van der Waals surface area contributed by atoms with Crippen molar-refractivity contribution in [2.45, 2.75) is 18.2 Å². The highest BCUT2D eigenvalue weighted by Crippen LogP contribution is 2.26. The number of ether oxygens (including phenoxy) is 1. The molecular formula is C13H14ClN3O4S2. The van der Waals surface area contributed by atoms with Crippen molar-refractivity contribution < 1.29 is 17.9 Å². The van der Waals surface area contributed by atoms with Crippen LogP contribution < -0.4 is 10.5 Å². The molecule has 0 atom stereocenters. The summed E-state index contributed by atoms with van der Waals surface area (Å²) in [5, 5.41) is 2.27. The number of sulfonamides is 1. The Balaban J connectivity index is 2.11. The zero-order chi connectivity index (χ0) is 17.0. The number of carbonyl (C=O) groups is 1. The minimum Gasteiger partial charge on any atom is -0.449 e. The maximum Gasteiger partial charge on any atom is 0.404 e. The summed E-state index contributed by atoms with van der Waals surface area (Å²) >= 11 is 7.09. The Labute approximate surface area is 142 Å². The van der Waals surface area contributed by atoms with Crippen LogP contribution in [0.3, 0.4) is 0 Å². The number of primary amides is 1. The van der Waals surface area contributed by atoms with Gasteiger partial charge in [0.05, 0.1) is 17.2 Å². The van der Waals surface area contributed by atoms with Gasteiger partial charge in [0.2, 0.25) is 0 Å². The average Bonchev–Trinajstić information content (AvgIpc) is 2.88. The molecule has 1 aromatic heterocycles. The monoisotopic (exact) mass is 375 g/mol. The highest BCUT2D eigenvalue weighted by Gasteiger charge is 2.19. The molecule has 23 heavy (non-hydrogen) atoms. The fourth-order valence-corrected chi connectivity index (χ4v) is 4.27. The number of anilines is 1. The van der Waals surface area contributed by atoms with Crippen LogP contribution in [0.2, 0.25) is 5.02 Å². The number of hydrogen-bond acceptors (Lipinski definition) is 6. The molecule has 10 heteroatoms. The molecule has 0 saturated carbocycles. The Morgan fingerprint density at radius 1 is 1.48 bits per heavy atom. The van der Waals surface area contributed by atoms with Crippen molar-refractivity contribution in [3.05, 3.63) is 39.9 Å². The third kappa shape index (κ3) is 4.57. The number of hydrogen-bond donors (Lipinski definition) is 2. The minimum absolute atomic E-state index is 0.0820. The van der Waals surface area contributed by atoms with Crippen LogP contribution in [0.4, 0.5) is 9.93 Å². The van der Waals surface area contributed by atoms with Gasteiger partial charge >= 0.3 is 6.09 Å². The van der Waals surface area contributed by atoms with Gasteiger partial charge in [-0.15, -0.1) is 11.3 Å². The molecule has 7 nitrogen and oxygen atoms in total. The standard InChI is InChI=1S/C13H14ClN3O4S2/c1-8-10(14)3-2-4-11(8)23(19,20)17-13-16-9(7-22-13)5-6-21-12(15)18/h2-4,7H,5-6H2,1H3,(H2,15,18)(H,16,17). The van der Waals surface area contributed by atoms with Crippen molar-refractivity contribution in [2.24, 2.45) is 5.73 Å². The lowest BCUT2D eigenvalue weighted by Crippen LogP contribution is -2.15. The van der Waals surface area contributed by atoms with Crippen molar-refractivity contribution in [3.63, 3.8) is 0 Å². The second-order valence-corrected chi connectivity index (χ2v) is 7.45. The Hall–Kier alpha value is -1.84. The van der Waals surface area contributed by atoms with Crippen LogP contribution in [0.5, 0.6) is 0 Å². The predicted molar refractivity (Wildman–Crippen MR) is 88.4 cm³/mol. The maximum absolute atomic E-state index is 12.4. The lowest BCUT2D eigenvalue weighted by molar-refractivity contribution is 0.158. The first kappa shape index (κ1) is 17.5. The van der Waals surface area contributed by atoms with E-state index in [4.69, 9.17) is 17.3 Å². The normalized spacial score (nSPS) is 11.2. The molecule has 0 aliphatic rings. The van der Waals surface area contributed by atoms with E-state index in [-0.39, 0.29) is 16.6 Å². The van der Waals surface area contributed by atoms with Crippen molar-refractivity contribution in [3.8, 4) is 0 Å². The van der Waals surface area contributed by atoms with Crippen molar-refractivity contribution in [1.82, 2.24) is 4.98 Å². The Bertz CT molecular complexity index is 820. The third-order valence-electron chi connectivity index (χ3n) is 2.88. The van der Waals surface area contributed by atoms with Crippen LogP contribution in [-0.4, -0.2) is 26.1 Å². The molecule has 124 valence electrons. The molecule has 0 aliphatic carbocycles. The zero-order valence-corrected chi connectivity index (χ0v) is 14.5. The molecular weight excluding hydrogens is 362 g/mol. The second-order valence-electron chi connectivity index (χ2n) is 4.53. The van der Waals surface area contributed by atoms with Crippen LogP contribution in [0.1, 0.15) is 11.3 Å². The molecule has 0 spiro atoms. The lowest BCUT2D eigenvalue weighted by Gasteiger charge is -2.09. The van der Waals surface area contributed by atoms with E-state index in [9.17, 15) is 13.2 Å². The fourth-order valence-electron chi connectivity index (χ4n) is 1.77. The van der Waals surface area contributed by atoms with Gasteiger partial charge in [-0.3, -0.25) is 4.72 Å². The molecule has 0 radical (unpaired) electrons. The van der Waals surface area contributed by atoms with Crippen LogP contribution >= 0.6 is 22.9 Å². The van der Waals surface area contributed by atoms with Gasteiger partial charge in [0, 0.05) is 16.8 Å². The van der Waals surface area contributed by atoms with E-state index in [0.29, 0.717) is 22.7 Å². The highest BCUT2D eigenvalue weighted by molar-refractivity contribution is 7.93.